The van der Waals surface area contributed by atoms with E-state index in [0.29, 0.717) is 5.69 Å². The number of amides is 3. The van der Waals surface area contributed by atoms with Crippen molar-refractivity contribution < 1.29 is 14.4 Å². The normalized spacial score (nSPS) is 30.1. The minimum absolute atomic E-state index is 0.169. The van der Waals surface area contributed by atoms with Crippen LogP contribution in [0.25, 0.3) is 0 Å². The van der Waals surface area contributed by atoms with Gasteiger partial charge < -0.3 is 5.32 Å². The molecular formula is C18H18N2O3S. The van der Waals surface area contributed by atoms with Gasteiger partial charge in [0.15, 0.2) is 0 Å². The summed E-state index contributed by atoms with van der Waals surface area (Å²) >= 11 is 1.59. The van der Waals surface area contributed by atoms with Gasteiger partial charge in [-0.2, -0.15) is 0 Å². The first-order valence-corrected chi connectivity index (χ1v) is 9.28. The molecule has 2 aliphatic carbocycles. The summed E-state index contributed by atoms with van der Waals surface area (Å²) in [5.41, 5.74) is 0.674. The molecular weight excluding hydrogens is 324 g/mol. The number of anilines is 1. The third kappa shape index (κ3) is 2.36. The number of hydrogen-bond acceptors (Lipinski definition) is 4. The van der Waals surface area contributed by atoms with E-state index in [1.54, 1.807) is 17.8 Å². The van der Waals surface area contributed by atoms with Gasteiger partial charge in [0.05, 0.1) is 11.8 Å². The van der Waals surface area contributed by atoms with Gasteiger partial charge in [-0.1, -0.05) is 18.2 Å². The molecule has 2 bridgehead atoms. The van der Waals surface area contributed by atoms with E-state index in [2.05, 4.69) is 17.5 Å². The molecule has 0 spiro atoms. The van der Waals surface area contributed by atoms with E-state index in [4.69, 9.17) is 0 Å². The molecule has 6 heteroatoms. The summed E-state index contributed by atoms with van der Waals surface area (Å²) in [4.78, 5) is 39.6. The lowest BCUT2D eigenvalue weighted by Gasteiger charge is -2.17. The topological polar surface area (TPSA) is 66.5 Å². The van der Waals surface area contributed by atoms with Crippen molar-refractivity contribution in [3.63, 3.8) is 0 Å². The van der Waals surface area contributed by atoms with Crippen molar-refractivity contribution in [1.29, 1.82) is 0 Å². The summed E-state index contributed by atoms with van der Waals surface area (Å²) in [6.07, 6.45) is 6.96. The van der Waals surface area contributed by atoms with E-state index in [0.717, 1.165) is 16.2 Å². The Kier molecular flexibility index (Phi) is 3.72. The number of nitrogens with one attached hydrogen (secondary N) is 1. The number of benzene rings is 1. The second kappa shape index (κ2) is 5.77. The fraction of sp³-hybridized carbons (Fsp3) is 0.389. The maximum atomic E-state index is 12.6. The fourth-order valence-electron chi connectivity index (χ4n) is 4.16. The molecule has 4 rings (SSSR count). The molecule has 1 aliphatic heterocycles. The molecule has 1 aromatic rings. The summed E-state index contributed by atoms with van der Waals surface area (Å²) in [6, 6.07) is 7.48. The van der Waals surface area contributed by atoms with Gasteiger partial charge in [0, 0.05) is 10.6 Å². The Morgan fingerprint density at radius 1 is 1.21 bits per heavy atom. The summed E-state index contributed by atoms with van der Waals surface area (Å²) in [7, 11) is 0. The number of fused-ring (bicyclic) bond motifs is 5. The second-order valence-corrected chi connectivity index (χ2v) is 7.42. The number of carbonyl (C=O) groups is 3. The molecule has 1 heterocycles. The average molecular weight is 342 g/mol. The SMILES string of the molecule is CSc1cccc(NC(=O)CN2C(=O)[C@@H]3[C@@H](C2=O)[C@H]2C=C[C@H]3C2)c1. The highest BCUT2D eigenvalue weighted by molar-refractivity contribution is 7.98. The van der Waals surface area contributed by atoms with Gasteiger partial charge >= 0.3 is 0 Å². The monoisotopic (exact) mass is 342 g/mol. The molecule has 5 nitrogen and oxygen atoms in total. The summed E-state index contributed by atoms with van der Waals surface area (Å²) in [5.74, 6) is -0.870. The van der Waals surface area contributed by atoms with E-state index in [-0.39, 0.29) is 47.9 Å². The Morgan fingerprint density at radius 3 is 2.50 bits per heavy atom. The van der Waals surface area contributed by atoms with Gasteiger partial charge in [0.1, 0.15) is 6.54 Å². The second-order valence-electron chi connectivity index (χ2n) is 6.54. The maximum Gasteiger partial charge on any atom is 0.244 e. The highest BCUT2D eigenvalue weighted by Gasteiger charge is 2.59. The molecule has 0 aromatic heterocycles. The standard InChI is InChI=1S/C18H18N2O3S/c1-24-13-4-2-3-12(8-13)19-14(21)9-20-17(22)15-10-5-6-11(7-10)16(15)18(20)23/h2-6,8,10-11,15-16H,7,9H2,1H3,(H,19,21)/t10-,11-,15-,16-/m0/s1. The van der Waals surface area contributed by atoms with Crippen molar-refractivity contribution in [3.05, 3.63) is 36.4 Å². The van der Waals surface area contributed by atoms with E-state index < -0.39 is 0 Å². The number of allylic oxidation sites excluding steroid dienone is 2. The fourth-order valence-corrected chi connectivity index (χ4v) is 4.62. The van der Waals surface area contributed by atoms with Crippen LogP contribution in [0.3, 0.4) is 0 Å². The van der Waals surface area contributed by atoms with Gasteiger partial charge in [-0.15, -0.1) is 11.8 Å². The van der Waals surface area contributed by atoms with Crippen LogP contribution in [-0.4, -0.2) is 35.4 Å². The number of imide groups is 1. The van der Waals surface area contributed by atoms with Gasteiger partial charge in [-0.05, 0) is 42.7 Å². The summed E-state index contributed by atoms with van der Waals surface area (Å²) < 4.78 is 0. The molecule has 2 fully saturated rings. The average Bonchev–Trinajstić information content (AvgIpc) is 3.25. The number of hydrogen-bond donors (Lipinski definition) is 1. The van der Waals surface area contributed by atoms with Crippen LogP contribution in [0, 0.1) is 23.7 Å². The lowest BCUT2D eigenvalue weighted by atomic mass is 9.85. The van der Waals surface area contributed by atoms with Gasteiger partial charge in [-0.25, -0.2) is 0 Å². The first-order valence-electron chi connectivity index (χ1n) is 8.06. The molecule has 124 valence electrons. The van der Waals surface area contributed by atoms with Crippen molar-refractivity contribution in [3.8, 4) is 0 Å². The van der Waals surface area contributed by atoms with E-state index in [9.17, 15) is 14.4 Å². The summed E-state index contributed by atoms with van der Waals surface area (Å²) in [6.45, 7) is -0.201. The molecule has 1 saturated heterocycles. The Balaban J connectivity index is 1.45. The first kappa shape index (κ1) is 15.4. The number of carbonyl (C=O) groups excluding carboxylic acids is 3. The number of rotatable bonds is 4. The highest BCUT2D eigenvalue weighted by Crippen LogP contribution is 2.52. The molecule has 0 unspecified atom stereocenters. The molecule has 24 heavy (non-hydrogen) atoms. The Hall–Kier alpha value is -2.08. The third-order valence-electron chi connectivity index (χ3n) is 5.22. The molecule has 3 amide bonds. The molecule has 3 aliphatic rings. The summed E-state index contributed by atoms with van der Waals surface area (Å²) in [5, 5.41) is 2.77. The minimum atomic E-state index is -0.338. The van der Waals surface area contributed by atoms with Crippen LogP contribution in [0.2, 0.25) is 0 Å². The van der Waals surface area contributed by atoms with Crippen LogP contribution in [0.4, 0.5) is 5.69 Å². The Bertz CT molecular complexity index is 730. The number of thioether (sulfide) groups is 1. The largest absolute Gasteiger partial charge is 0.324 e. The van der Waals surface area contributed by atoms with Crippen LogP contribution >= 0.6 is 11.8 Å². The maximum absolute atomic E-state index is 12.6. The van der Waals surface area contributed by atoms with Crippen molar-refractivity contribution in [1.82, 2.24) is 4.90 Å². The molecule has 4 atom stereocenters. The number of nitrogens with zero attached hydrogens (tertiary/aromatic N) is 1. The zero-order chi connectivity index (χ0) is 16.8. The molecule has 0 radical (unpaired) electrons. The van der Waals surface area contributed by atoms with Crippen LogP contribution < -0.4 is 5.32 Å². The highest BCUT2D eigenvalue weighted by atomic mass is 32.2. The smallest absolute Gasteiger partial charge is 0.244 e. The minimum Gasteiger partial charge on any atom is -0.324 e. The predicted octanol–water partition coefficient (Wildman–Crippen LogP) is 2.15. The van der Waals surface area contributed by atoms with Crippen molar-refractivity contribution in [2.24, 2.45) is 23.7 Å². The first-order chi connectivity index (χ1) is 11.6. The van der Waals surface area contributed by atoms with E-state index in [1.165, 1.54) is 0 Å². The van der Waals surface area contributed by atoms with Gasteiger partial charge in [0.2, 0.25) is 17.7 Å². The third-order valence-corrected chi connectivity index (χ3v) is 5.94. The Labute approximate surface area is 144 Å². The van der Waals surface area contributed by atoms with Crippen LogP contribution in [0.5, 0.6) is 0 Å². The zero-order valence-electron chi connectivity index (χ0n) is 13.3. The molecule has 1 aromatic carbocycles. The van der Waals surface area contributed by atoms with Crippen molar-refractivity contribution >= 4 is 35.2 Å². The Morgan fingerprint density at radius 2 is 1.88 bits per heavy atom. The number of likely N-dealkylation sites (tertiary alicyclic amines) is 1. The predicted molar refractivity (Wildman–Crippen MR) is 91.3 cm³/mol. The van der Waals surface area contributed by atoms with Crippen LogP contribution in [0.15, 0.2) is 41.3 Å². The van der Waals surface area contributed by atoms with Crippen LogP contribution in [-0.2, 0) is 14.4 Å². The molecule has 1 N–H and O–H groups in total. The van der Waals surface area contributed by atoms with Gasteiger partial charge in [-0.3, -0.25) is 19.3 Å². The zero-order valence-corrected chi connectivity index (χ0v) is 14.1. The van der Waals surface area contributed by atoms with E-state index in [1.807, 2.05) is 24.5 Å². The van der Waals surface area contributed by atoms with Crippen LogP contribution in [0.1, 0.15) is 6.42 Å². The van der Waals surface area contributed by atoms with Crippen molar-refractivity contribution in [2.75, 3.05) is 18.1 Å². The quantitative estimate of drug-likeness (QED) is 0.517. The van der Waals surface area contributed by atoms with Gasteiger partial charge in [0.25, 0.3) is 0 Å². The lowest BCUT2D eigenvalue weighted by molar-refractivity contribution is -0.143. The molecule has 1 saturated carbocycles. The van der Waals surface area contributed by atoms with Crippen molar-refractivity contribution in [2.45, 2.75) is 11.3 Å². The van der Waals surface area contributed by atoms with E-state index >= 15 is 0 Å². The lowest BCUT2D eigenvalue weighted by Crippen LogP contribution is -2.39.